The summed E-state index contributed by atoms with van der Waals surface area (Å²) in [5.41, 5.74) is 0.379. The third kappa shape index (κ3) is 3.95. The molecule has 1 fully saturated rings. The van der Waals surface area contributed by atoms with Crippen LogP contribution in [0.4, 0.5) is 5.69 Å². The van der Waals surface area contributed by atoms with Gasteiger partial charge in [-0.15, -0.1) is 0 Å². The number of rotatable bonds is 3. The Morgan fingerprint density at radius 1 is 1.40 bits per heavy atom. The molecule has 0 bridgehead atoms. The number of carbonyl (C=O) groups excluding carboxylic acids is 2. The summed E-state index contributed by atoms with van der Waals surface area (Å²) in [6.07, 6.45) is 2.03. The number of benzene rings is 1. The maximum absolute atomic E-state index is 12.4. The quantitative estimate of drug-likeness (QED) is 0.897. The fourth-order valence-corrected chi connectivity index (χ4v) is 3.47. The number of nitrogens with one attached hydrogen (secondary N) is 1. The monoisotopic (exact) mass is 363 g/mol. The van der Waals surface area contributed by atoms with Crippen molar-refractivity contribution in [2.75, 3.05) is 18.4 Å². The van der Waals surface area contributed by atoms with Gasteiger partial charge in [0.2, 0.25) is 5.91 Å². The number of anilines is 1. The summed E-state index contributed by atoms with van der Waals surface area (Å²) in [7, 11) is 0. The molecule has 3 rings (SSSR count). The molecule has 25 heavy (non-hydrogen) atoms. The molecule has 2 aliphatic rings. The van der Waals surface area contributed by atoms with E-state index in [1.165, 1.54) is 0 Å². The van der Waals surface area contributed by atoms with Crippen molar-refractivity contribution in [2.24, 2.45) is 11.1 Å². The first-order chi connectivity index (χ1) is 11.9. The molecular formula is C18H22ClN3O3. The van der Waals surface area contributed by atoms with Crippen LogP contribution in [0.2, 0.25) is 5.02 Å². The third-order valence-electron chi connectivity index (χ3n) is 4.53. The van der Waals surface area contributed by atoms with E-state index in [0.29, 0.717) is 29.4 Å². The maximum atomic E-state index is 12.4. The zero-order valence-electron chi connectivity index (χ0n) is 14.4. The highest BCUT2D eigenvalue weighted by Gasteiger charge is 2.45. The fraction of sp³-hybridized carbons (Fsp3) is 0.500. The van der Waals surface area contributed by atoms with Gasteiger partial charge in [-0.1, -0.05) is 36.7 Å². The van der Waals surface area contributed by atoms with Crippen molar-refractivity contribution >= 4 is 34.8 Å². The molecule has 7 heteroatoms. The van der Waals surface area contributed by atoms with E-state index in [1.54, 1.807) is 24.3 Å². The number of likely N-dealkylation sites (tertiary alicyclic amines) is 1. The summed E-state index contributed by atoms with van der Waals surface area (Å²) in [6, 6.07) is 6.95. The fourth-order valence-electron chi connectivity index (χ4n) is 3.28. The lowest BCUT2D eigenvalue weighted by Crippen LogP contribution is -2.51. The number of piperidine rings is 1. The lowest BCUT2D eigenvalue weighted by molar-refractivity contribution is -0.143. The zero-order chi connectivity index (χ0) is 18.0. The molecule has 1 spiro atoms. The number of oxime groups is 1. The summed E-state index contributed by atoms with van der Waals surface area (Å²) in [5.74, 6) is -0.242. The first-order valence-corrected chi connectivity index (χ1v) is 8.87. The summed E-state index contributed by atoms with van der Waals surface area (Å²) in [5, 5.41) is 7.34. The molecule has 1 saturated heterocycles. The molecule has 134 valence electrons. The van der Waals surface area contributed by atoms with Crippen LogP contribution in [0.3, 0.4) is 0 Å². The van der Waals surface area contributed by atoms with E-state index in [1.807, 2.05) is 18.7 Å². The third-order valence-corrected chi connectivity index (χ3v) is 4.76. The van der Waals surface area contributed by atoms with Gasteiger partial charge in [0.25, 0.3) is 5.91 Å². The molecule has 1 N–H and O–H groups in total. The van der Waals surface area contributed by atoms with Crippen molar-refractivity contribution in [3.63, 3.8) is 0 Å². The van der Waals surface area contributed by atoms with E-state index in [4.69, 9.17) is 16.4 Å². The highest BCUT2D eigenvalue weighted by atomic mass is 35.5. The number of hydrogen-bond donors (Lipinski definition) is 1. The van der Waals surface area contributed by atoms with Gasteiger partial charge in [-0.3, -0.25) is 9.59 Å². The van der Waals surface area contributed by atoms with Crippen molar-refractivity contribution in [3.05, 3.63) is 29.3 Å². The van der Waals surface area contributed by atoms with Gasteiger partial charge in [-0.05, 0) is 31.0 Å². The summed E-state index contributed by atoms with van der Waals surface area (Å²) in [6.45, 7) is 4.98. The molecule has 0 aromatic heterocycles. The average molecular weight is 364 g/mol. The van der Waals surface area contributed by atoms with Crippen LogP contribution in [-0.2, 0) is 14.4 Å². The molecule has 1 unspecified atom stereocenters. The van der Waals surface area contributed by atoms with Crippen LogP contribution in [0.5, 0.6) is 0 Å². The Hall–Kier alpha value is -2.08. The predicted octanol–water partition coefficient (Wildman–Crippen LogP) is 3.07. The van der Waals surface area contributed by atoms with Gasteiger partial charge in [0.15, 0.2) is 5.60 Å². The second-order valence-electron chi connectivity index (χ2n) is 6.97. The van der Waals surface area contributed by atoms with Crippen molar-refractivity contribution in [2.45, 2.75) is 38.7 Å². The number of hydrogen-bond acceptors (Lipinski definition) is 4. The predicted molar refractivity (Wildman–Crippen MR) is 96.6 cm³/mol. The zero-order valence-corrected chi connectivity index (χ0v) is 15.2. The molecule has 0 radical (unpaired) electrons. The van der Waals surface area contributed by atoms with Crippen molar-refractivity contribution in [1.29, 1.82) is 0 Å². The largest absolute Gasteiger partial charge is 0.386 e. The molecule has 1 aromatic rings. The van der Waals surface area contributed by atoms with E-state index in [-0.39, 0.29) is 17.7 Å². The topological polar surface area (TPSA) is 71.0 Å². The minimum atomic E-state index is -0.580. The lowest BCUT2D eigenvalue weighted by Gasteiger charge is -2.38. The second kappa shape index (κ2) is 7.04. The molecule has 6 nitrogen and oxygen atoms in total. The molecule has 1 aromatic carbocycles. The average Bonchev–Trinajstić information content (AvgIpc) is 2.97. The SMILES string of the molecule is CC(C)C(=O)N1CCCC2(CC(C(=O)Nc3cccc(Cl)c3)=NO2)C1. The Balaban J connectivity index is 1.63. The number of nitrogens with zero attached hydrogens (tertiary/aromatic N) is 2. The summed E-state index contributed by atoms with van der Waals surface area (Å²) in [4.78, 5) is 32.2. The van der Waals surface area contributed by atoms with Gasteiger partial charge in [-0.2, -0.15) is 0 Å². The highest BCUT2D eigenvalue weighted by Crippen LogP contribution is 2.34. The normalized spacial score (nSPS) is 22.7. The molecule has 2 aliphatic heterocycles. The van der Waals surface area contributed by atoms with Crippen LogP contribution in [0.25, 0.3) is 0 Å². The lowest BCUT2D eigenvalue weighted by atomic mass is 9.87. The van der Waals surface area contributed by atoms with E-state index in [9.17, 15) is 9.59 Å². The van der Waals surface area contributed by atoms with Gasteiger partial charge >= 0.3 is 0 Å². The van der Waals surface area contributed by atoms with Crippen LogP contribution in [0.15, 0.2) is 29.4 Å². The smallest absolute Gasteiger partial charge is 0.273 e. The van der Waals surface area contributed by atoms with E-state index >= 15 is 0 Å². The van der Waals surface area contributed by atoms with Gasteiger partial charge in [0.1, 0.15) is 5.71 Å². The Labute approximate surface area is 152 Å². The van der Waals surface area contributed by atoms with Crippen molar-refractivity contribution in [1.82, 2.24) is 4.90 Å². The standard InChI is InChI=1S/C18H22ClN3O3/c1-12(2)17(24)22-8-4-7-18(11-22)10-15(21-25-18)16(23)20-14-6-3-5-13(19)9-14/h3,5-6,9,12H,4,7-8,10-11H2,1-2H3,(H,20,23). The molecule has 2 amide bonds. The number of amides is 2. The summed E-state index contributed by atoms with van der Waals surface area (Å²) < 4.78 is 0. The summed E-state index contributed by atoms with van der Waals surface area (Å²) >= 11 is 5.93. The highest BCUT2D eigenvalue weighted by molar-refractivity contribution is 6.43. The molecular weight excluding hydrogens is 342 g/mol. The van der Waals surface area contributed by atoms with Crippen LogP contribution in [0.1, 0.15) is 33.1 Å². The van der Waals surface area contributed by atoms with Crippen LogP contribution < -0.4 is 5.32 Å². The minimum Gasteiger partial charge on any atom is -0.386 e. The van der Waals surface area contributed by atoms with Gasteiger partial charge < -0.3 is 15.1 Å². The first-order valence-electron chi connectivity index (χ1n) is 8.49. The van der Waals surface area contributed by atoms with Crippen LogP contribution in [-0.4, -0.2) is 41.1 Å². The van der Waals surface area contributed by atoms with Crippen LogP contribution >= 0.6 is 11.6 Å². The van der Waals surface area contributed by atoms with Gasteiger partial charge in [-0.25, -0.2) is 0 Å². The van der Waals surface area contributed by atoms with E-state index < -0.39 is 5.60 Å². The van der Waals surface area contributed by atoms with Crippen molar-refractivity contribution < 1.29 is 14.4 Å². The number of carbonyl (C=O) groups is 2. The Morgan fingerprint density at radius 3 is 2.92 bits per heavy atom. The molecule has 0 aliphatic carbocycles. The van der Waals surface area contributed by atoms with Crippen molar-refractivity contribution in [3.8, 4) is 0 Å². The van der Waals surface area contributed by atoms with Gasteiger partial charge in [0.05, 0.1) is 6.54 Å². The van der Waals surface area contributed by atoms with E-state index in [0.717, 1.165) is 19.4 Å². The second-order valence-corrected chi connectivity index (χ2v) is 7.41. The van der Waals surface area contributed by atoms with Crippen LogP contribution in [0, 0.1) is 5.92 Å². The molecule has 2 heterocycles. The van der Waals surface area contributed by atoms with Gasteiger partial charge in [0, 0.05) is 29.6 Å². The Morgan fingerprint density at radius 2 is 2.20 bits per heavy atom. The first kappa shape index (κ1) is 17.7. The maximum Gasteiger partial charge on any atom is 0.273 e. The Kier molecular flexibility index (Phi) is 4.99. The molecule has 0 saturated carbocycles. The number of halogens is 1. The van der Waals surface area contributed by atoms with E-state index in [2.05, 4.69) is 10.5 Å². The molecule has 1 atom stereocenters. The Bertz CT molecular complexity index is 719. The minimum absolute atomic E-state index is 0.0527.